The Balaban J connectivity index is 2.20. The highest BCUT2D eigenvalue weighted by molar-refractivity contribution is 6.28. The Morgan fingerprint density at radius 3 is 2.53 bits per heavy atom. The number of hydrogen-bond donors (Lipinski definition) is 1. The quantitative estimate of drug-likeness (QED) is 0.829. The molecule has 1 aromatic rings. The summed E-state index contributed by atoms with van der Waals surface area (Å²) in [5, 5.41) is 0.155. The maximum absolute atomic E-state index is 5.73. The standard InChI is InChI=1S/C9H14ClN5/c1-15(6-4-2-3-5-6)9-13-7(10)12-8(11)14-9/h6H,2-5H2,1H3,(H2,11,12,13,14). The zero-order valence-electron chi connectivity index (χ0n) is 8.65. The largest absolute Gasteiger partial charge is 0.368 e. The average molecular weight is 228 g/mol. The summed E-state index contributed by atoms with van der Waals surface area (Å²) in [6, 6.07) is 0.503. The van der Waals surface area contributed by atoms with Crippen LogP contribution in [0.1, 0.15) is 25.7 Å². The van der Waals surface area contributed by atoms with Crippen molar-refractivity contribution < 1.29 is 0 Å². The molecule has 2 N–H and O–H groups in total. The van der Waals surface area contributed by atoms with Gasteiger partial charge in [-0.3, -0.25) is 0 Å². The molecule has 5 nitrogen and oxygen atoms in total. The first-order valence-corrected chi connectivity index (χ1v) is 5.44. The molecular formula is C9H14ClN5. The lowest BCUT2D eigenvalue weighted by molar-refractivity contribution is 0.637. The van der Waals surface area contributed by atoms with E-state index in [2.05, 4.69) is 15.0 Å². The van der Waals surface area contributed by atoms with Crippen molar-refractivity contribution in [3.05, 3.63) is 5.28 Å². The van der Waals surface area contributed by atoms with E-state index in [1.54, 1.807) is 0 Å². The van der Waals surface area contributed by atoms with E-state index < -0.39 is 0 Å². The molecule has 15 heavy (non-hydrogen) atoms. The van der Waals surface area contributed by atoms with Gasteiger partial charge < -0.3 is 10.6 Å². The second kappa shape index (κ2) is 4.18. The Morgan fingerprint density at radius 1 is 1.27 bits per heavy atom. The number of halogens is 1. The van der Waals surface area contributed by atoms with Crippen molar-refractivity contribution in [3.8, 4) is 0 Å². The normalized spacial score (nSPS) is 16.9. The van der Waals surface area contributed by atoms with Crippen LogP contribution in [0.15, 0.2) is 0 Å². The third kappa shape index (κ3) is 2.28. The summed E-state index contributed by atoms with van der Waals surface area (Å²) >= 11 is 5.73. The van der Waals surface area contributed by atoms with E-state index in [1.165, 1.54) is 25.7 Å². The highest BCUT2D eigenvalue weighted by Gasteiger charge is 2.22. The molecular weight excluding hydrogens is 214 g/mol. The van der Waals surface area contributed by atoms with E-state index in [9.17, 15) is 0 Å². The Kier molecular flexibility index (Phi) is 2.90. The van der Waals surface area contributed by atoms with Gasteiger partial charge in [0.05, 0.1) is 0 Å². The van der Waals surface area contributed by atoms with Gasteiger partial charge in [-0.15, -0.1) is 0 Å². The second-order valence-electron chi connectivity index (χ2n) is 3.81. The summed E-state index contributed by atoms with van der Waals surface area (Å²) in [7, 11) is 1.97. The lowest BCUT2D eigenvalue weighted by Gasteiger charge is -2.23. The van der Waals surface area contributed by atoms with Gasteiger partial charge >= 0.3 is 0 Å². The molecule has 0 bridgehead atoms. The molecule has 1 aliphatic carbocycles. The van der Waals surface area contributed by atoms with Crippen LogP contribution in [0.3, 0.4) is 0 Å². The lowest BCUT2D eigenvalue weighted by atomic mass is 10.2. The minimum absolute atomic E-state index is 0.155. The smallest absolute Gasteiger partial charge is 0.231 e. The second-order valence-corrected chi connectivity index (χ2v) is 4.15. The van der Waals surface area contributed by atoms with Crippen LogP contribution in [0.4, 0.5) is 11.9 Å². The fourth-order valence-electron chi connectivity index (χ4n) is 1.97. The van der Waals surface area contributed by atoms with Crippen LogP contribution < -0.4 is 10.6 Å². The predicted molar refractivity (Wildman–Crippen MR) is 59.9 cm³/mol. The van der Waals surface area contributed by atoms with Crippen molar-refractivity contribution >= 4 is 23.5 Å². The Labute approximate surface area is 93.7 Å². The number of rotatable bonds is 2. The van der Waals surface area contributed by atoms with Crippen LogP contribution in [0.2, 0.25) is 5.28 Å². The number of nitrogens with zero attached hydrogens (tertiary/aromatic N) is 4. The molecule has 0 saturated heterocycles. The molecule has 2 rings (SSSR count). The van der Waals surface area contributed by atoms with Gasteiger partial charge in [-0.25, -0.2) is 0 Å². The summed E-state index contributed by atoms with van der Waals surface area (Å²) in [6.07, 6.45) is 4.89. The molecule has 0 aliphatic heterocycles. The van der Waals surface area contributed by atoms with E-state index in [0.717, 1.165) is 0 Å². The van der Waals surface area contributed by atoms with Gasteiger partial charge in [0.25, 0.3) is 0 Å². The van der Waals surface area contributed by atoms with Crippen molar-refractivity contribution in [3.63, 3.8) is 0 Å². The summed E-state index contributed by atoms with van der Waals surface area (Å²) < 4.78 is 0. The maximum atomic E-state index is 5.73. The molecule has 1 aliphatic rings. The fourth-order valence-corrected chi connectivity index (χ4v) is 2.13. The van der Waals surface area contributed by atoms with Crippen molar-refractivity contribution in [2.45, 2.75) is 31.7 Å². The third-order valence-electron chi connectivity index (χ3n) is 2.80. The predicted octanol–water partition coefficient (Wildman–Crippen LogP) is 1.49. The van der Waals surface area contributed by atoms with Crippen molar-refractivity contribution in [2.24, 2.45) is 0 Å². The molecule has 6 heteroatoms. The van der Waals surface area contributed by atoms with Crippen LogP contribution in [0.25, 0.3) is 0 Å². The van der Waals surface area contributed by atoms with Crippen molar-refractivity contribution in [2.75, 3.05) is 17.7 Å². The van der Waals surface area contributed by atoms with Gasteiger partial charge in [0.2, 0.25) is 17.2 Å². The molecule has 1 heterocycles. The number of nitrogen functional groups attached to an aromatic ring is 1. The molecule has 82 valence electrons. The van der Waals surface area contributed by atoms with E-state index in [4.69, 9.17) is 17.3 Å². The van der Waals surface area contributed by atoms with Gasteiger partial charge in [-0.05, 0) is 24.4 Å². The van der Waals surface area contributed by atoms with E-state index in [-0.39, 0.29) is 11.2 Å². The zero-order chi connectivity index (χ0) is 10.8. The van der Waals surface area contributed by atoms with Crippen LogP contribution in [0.5, 0.6) is 0 Å². The molecule has 0 amide bonds. The average Bonchev–Trinajstić information content (AvgIpc) is 2.67. The topological polar surface area (TPSA) is 67.9 Å². The van der Waals surface area contributed by atoms with Crippen LogP contribution in [-0.4, -0.2) is 28.0 Å². The highest BCUT2D eigenvalue weighted by atomic mass is 35.5. The molecule has 0 spiro atoms. The Hall–Kier alpha value is -1.10. The third-order valence-corrected chi connectivity index (χ3v) is 2.97. The number of nitrogens with two attached hydrogens (primary N) is 1. The first-order chi connectivity index (χ1) is 7.16. The van der Waals surface area contributed by atoms with Crippen molar-refractivity contribution in [1.82, 2.24) is 15.0 Å². The van der Waals surface area contributed by atoms with Gasteiger partial charge in [0, 0.05) is 13.1 Å². The number of aromatic nitrogens is 3. The van der Waals surface area contributed by atoms with Gasteiger partial charge in [-0.2, -0.15) is 15.0 Å². The summed E-state index contributed by atoms with van der Waals surface area (Å²) in [4.78, 5) is 13.9. The van der Waals surface area contributed by atoms with E-state index in [1.807, 2.05) is 11.9 Å². The molecule has 0 radical (unpaired) electrons. The zero-order valence-corrected chi connectivity index (χ0v) is 9.41. The fraction of sp³-hybridized carbons (Fsp3) is 0.667. The molecule has 0 unspecified atom stereocenters. The maximum Gasteiger partial charge on any atom is 0.231 e. The van der Waals surface area contributed by atoms with Gasteiger partial charge in [-0.1, -0.05) is 12.8 Å². The van der Waals surface area contributed by atoms with Crippen molar-refractivity contribution in [1.29, 1.82) is 0 Å². The summed E-state index contributed by atoms with van der Waals surface area (Å²) in [6.45, 7) is 0. The Bertz CT molecular complexity index is 330. The minimum atomic E-state index is 0.155. The molecule has 0 atom stereocenters. The molecule has 0 aromatic carbocycles. The van der Waals surface area contributed by atoms with Crippen LogP contribution in [-0.2, 0) is 0 Å². The lowest BCUT2D eigenvalue weighted by Crippen LogP contribution is -2.30. The first-order valence-electron chi connectivity index (χ1n) is 5.06. The first kappa shape index (κ1) is 10.4. The van der Waals surface area contributed by atoms with E-state index >= 15 is 0 Å². The van der Waals surface area contributed by atoms with Gasteiger partial charge in [0.1, 0.15) is 0 Å². The van der Waals surface area contributed by atoms with Crippen LogP contribution in [0, 0.1) is 0 Å². The minimum Gasteiger partial charge on any atom is -0.368 e. The molecule has 1 aromatic heterocycles. The van der Waals surface area contributed by atoms with Gasteiger partial charge in [0.15, 0.2) is 0 Å². The number of hydrogen-bond acceptors (Lipinski definition) is 5. The highest BCUT2D eigenvalue weighted by Crippen LogP contribution is 2.25. The molecule has 1 fully saturated rings. The summed E-state index contributed by atoms with van der Waals surface area (Å²) in [5.41, 5.74) is 5.52. The SMILES string of the molecule is CN(c1nc(N)nc(Cl)n1)C1CCCC1. The number of anilines is 2. The Morgan fingerprint density at radius 2 is 1.93 bits per heavy atom. The van der Waals surface area contributed by atoms with Crippen LogP contribution >= 0.6 is 11.6 Å². The molecule has 1 saturated carbocycles. The van der Waals surface area contributed by atoms with E-state index in [0.29, 0.717) is 12.0 Å². The monoisotopic (exact) mass is 227 g/mol. The summed E-state index contributed by atoms with van der Waals surface area (Å²) in [5.74, 6) is 0.745.